The van der Waals surface area contributed by atoms with E-state index in [2.05, 4.69) is 11.0 Å². The van der Waals surface area contributed by atoms with Gasteiger partial charge in [0, 0.05) is 6.04 Å². The van der Waals surface area contributed by atoms with Gasteiger partial charge in [-0.15, -0.1) is 5.10 Å². The van der Waals surface area contributed by atoms with Crippen LogP contribution in [0.3, 0.4) is 0 Å². The van der Waals surface area contributed by atoms with E-state index in [9.17, 15) is 0 Å². The first-order valence-electron chi connectivity index (χ1n) is 10.9. The summed E-state index contributed by atoms with van der Waals surface area (Å²) in [5.41, 5.74) is 4.69. The number of hydrogen-bond acceptors (Lipinski definition) is 7. The molecule has 1 saturated carbocycles. The van der Waals surface area contributed by atoms with Crippen molar-refractivity contribution in [2.24, 2.45) is 0 Å². The normalized spacial score (nSPS) is 16.5. The molecule has 2 aliphatic rings. The Morgan fingerprint density at radius 2 is 1.72 bits per heavy atom. The summed E-state index contributed by atoms with van der Waals surface area (Å²) in [6.45, 7) is 3.92. The Morgan fingerprint density at radius 3 is 2.31 bits per heavy atom. The highest BCUT2D eigenvalue weighted by Gasteiger charge is 2.36. The van der Waals surface area contributed by atoms with Gasteiger partial charge in [0.2, 0.25) is 0 Å². The van der Waals surface area contributed by atoms with Crippen molar-refractivity contribution in [2.45, 2.75) is 32.1 Å². The molecule has 0 radical (unpaired) electrons. The van der Waals surface area contributed by atoms with Crippen LogP contribution in [-0.4, -0.2) is 63.0 Å². The summed E-state index contributed by atoms with van der Waals surface area (Å²) in [6.07, 6.45) is 2.02. The highest BCUT2D eigenvalue weighted by molar-refractivity contribution is 5.84. The van der Waals surface area contributed by atoms with Crippen molar-refractivity contribution in [1.29, 1.82) is 0 Å². The molecule has 0 spiro atoms. The van der Waals surface area contributed by atoms with Crippen LogP contribution in [0.1, 0.15) is 18.4 Å². The molecule has 3 heterocycles. The zero-order chi connectivity index (χ0) is 22.2. The summed E-state index contributed by atoms with van der Waals surface area (Å²) in [6, 6.07) is 10.5. The van der Waals surface area contributed by atoms with Crippen molar-refractivity contribution in [1.82, 2.24) is 9.61 Å². The van der Waals surface area contributed by atoms with Crippen LogP contribution < -0.4 is 19.1 Å². The van der Waals surface area contributed by atoms with E-state index in [4.69, 9.17) is 28.8 Å². The zero-order valence-corrected chi connectivity index (χ0v) is 19.0. The summed E-state index contributed by atoms with van der Waals surface area (Å²) < 4.78 is 30.6. The van der Waals surface area contributed by atoms with Gasteiger partial charge in [0.15, 0.2) is 6.29 Å². The lowest BCUT2D eigenvalue weighted by atomic mass is 10.1. The number of fused-ring (bicyclic) bond motifs is 1. The predicted octanol–water partition coefficient (Wildman–Crippen LogP) is 3.68. The first-order chi connectivity index (χ1) is 15.6. The van der Waals surface area contributed by atoms with E-state index in [1.54, 1.807) is 21.3 Å². The SMILES string of the molecule is COc1cc(C)cc(OC)c1-c1cccc2c(N(CC3OCCO3)C3CC3)c(OC)nn12. The monoisotopic (exact) mass is 439 g/mol. The Balaban J connectivity index is 1.68. The second-order valence-electron chi connectivity index (χ2n) is 8.17. The minimum atomic E-state index is -0.240. The van der Waals surface area contributed by atoms with Crippen molar-refractivity contribution in [2.75, 3.05) is 46.0 Å². The third kappa shape index (κ3) is 3.63. The maximum Gasteiger partial charge on any atom is 0.257 e. The van der Waals surface area contributed by atoms with Gasteiger partial charge in [0.05, 0.1) is 57.9 Å². The number of hydrogen-bond donors (Lipinski definition) is 0. The summed E-state index contributed by atoms with van der Waals surface area (Å²) in [4.78, 5) is 2.32. The highest BCUT2D eigenvalue weighted by Crippen LogP contribution is 2.44. The summed E-state index contributed by atoms with van der Waals surface area (Å²) >= 11 is 0. The van der Waals surface area contributed by atoms with Gasteiger partial charge in [0.25, 0.3) is 5.88 Å². The minimum absolute atomic E-state index is 0.240. The fourth-order valence-corrected chi connectivity index (χ4v) is 4.41. The third-order valence-electron chi connectivity index (χ3n) is 6.01. The zero-order valence-electron chi connectivity index (χ0n) is 19.0. The fraction of sp³-hybridized carbons (Fsp3) is 0.458. The standard InChI is InChI=1S/C24H29N3O5/c1-15-12-19(28-2)22(20(13-15)29-3)17-6-5-7-18-23(24(30-4)25-27(17)18)26(16-8-9-16)14-21-31-10-11-32-21/h5-7,12-13,16,21H,8-11,14H2,1-4H3. The number of methoxy groups -OCH3 is 3. The van der Waals surface area contributed by atoms with Gasteiger partial charge in [-0.25, -0.2) is 4.52 Å². The fourth-order valence-electron chi connectivity index (χ4n) is 4.41. The van der Waals surface area contributed by atoms with Crippen LogP contribution in [0, 0.1) is 6.92 Å². The average molecular weight is 440 g/mol. The Morgan fingerprint density at radius 1 is 1.03 bits per heavy atom. The Kier molecular flexibility index (Phi) is 5.57. The minimum Gasteiger partial charge on any atom is -0.496 e. The molecule has 8 nitrogen and oxygen atoms in total. The molecule has 2 aromatic heterocycles. The average Bonchev–Trinajstić information content (AvgIpc) is 3.39. The summed E-state index contributed by atoms with van der Waals surface area (Å²) in [5.74, 6) is 2.04. The number of anilines is 1. The lowest BCUT2D eigenvalue weighted by molar-refractivity contribution is -0.0345. The maximum absolute atomic E-state index is 5.76. The summed E-state index contributed by atoms with van der Waals surface area (Å²) in [7, 11) is 5.00. The van der Waals surface area contributed by atoms with Crippen molar-refractivity contribution in [3.8, 4) is 28.6 Å². The smallest absolute Gasteiger partial charge is 0.257 e. The molecule has 1 aliphatic heterocycles. The van der Waals surface area contributed by atoms with Crippen LogP contribution in [0.25, 0.3) is 16.8 Å². The molecule has 32 heavy (non-hydrogen) atoms. The van der Waals surface area contributed by atoms with Gasteiger partial charge in [-0.3, -0.25) is 0 Å². The van der Waals surface area contributed by atoms with E-state index in [1.807, 2.05) is 35.7 Å². The van der Waals surface area contributed by atoms with Gasteiger partial charge in [0.1, 0.15) is 17.2 Å². The molecule has 8 heteroatoms. The van der Waals surface area contributed by atoms with Gasteiger partial charge < -0.3 is 28.6 Å². The number of nitrogens with zero attached hydrogens (tertiary/aromatic N) is 3. The van der Waals surface area contributed by atoms with Crippen LogP contribution in [0.4, 0.5) is 5.69 Å². The Hall–Kier alpha value is -2.97. The molecular weight excluding hydrogens is 410 g/mol. The molecule has 2 fully saturated rings. The van der Waals surface area contributed by atoms with E-state index in [-0.39, 0.29) is 6.29 Å². The number of aromatic nitrogens is 2. The van der Waals surface area contributed by atoms with E-state index in [1.165, 1.54) is 0 Å². The van der Waals surface area contributed by atoms with Crippen molar-refractivity contribution >= 4 is 11.2 Å². The Labute approximate surface area is 187 Å². The first-order valence-corrected chi connectivity index (χ1v) is 10.9. The molecule has 3 aromatic rings. The maximum atomic E-state index is 5.76. The highest BCUT2D eigenvalue weighted by atomic mass is 16.7. The predicted molar refractivity (Wildman–Crippen MR) is 121 cm³/mol. The number of rotatable bonds is 8. The number of benzene rings is 1. The van der Waals surface area contributed by atoms with Crippen LogP contribution in [0.2, 0.25) is 0 Å². The van der Waals surface area contributed by atoms with Crippen LogP contribution in [0.15, 0.2) is 30.3 Å². The molecule has 0 unspecified atom stereocenters. The topological polar surface area (TPSA) is 66.7 Å². The quantitative estimate of drug-likeness (QED) is 0.530. The van der Waals surface area contributed by atoms with Gasteiger partial charge in [-0.05, 0) is 49.6 Å². The van der Waals surface area contributed by atoms with Crippen molar-refractivity contribution in [3.63, 3.8) is 0 Å². The van der Waals surface area contributed by atoms with Crippen LogP contribution in [0.5, 0.6) is 17.4 Å². The molecule has 1 aliphatic carbocycles. The second-order valence-corrected chi connectivity index (χ2v) is 8.17. The molecule has 0 atom stereocenters. The third-order valence-corrected chi connectivity index (χ3v) is 6.01. The molecule has 0 N–H and O–H groups in total. The van der Waals surface area contributed by atoms with Crippen LogP contribution in [-0.2, 0) is 9.47 Å². The van der Waals surface area contributed by atoms with Gasteiger partial charge >= 0.3 is 0 Å². The molecule has 1 saturated heterocycles. The van der Waals surface area contributed by atoms with Crippen LogP contribution >= 0.6 is 0 Å². The number of pyridine rings is 1. The second kappa shape index (κ2) is 8.52. The molecule has 170 valence electrons. The van der Waals surface area contributed by atoms with E-state index < -0.39 is 0 Å². The number of ether oxygens (including phenoxy) is 5. The van der Waals surface area contributed by atoms with E-state index >= 15 is 0 Å². The molecular formula is C24H29N3O5. The van der Waals surface area contributed by atoms with Gasteiger partial charge in [-0.2, -0.15) is 0 Å². The largest absolute Gasteiger partial charge is 0.496 e. The number of aryl methyl sites for hydroxylation is 1. The molecule has 0 amide bonds. The lowest BCUT2D eigenvalue weighted by Crippen LogP contribution is -2.35. The van der Waals surface area contributed by atoms with Gasteiger partial charge in [-0.1, -0.05) is 6.07 Å². The van der Waals surface area contributed by atoms with E-state index in [0.29, 0.717) is 31.7 Å². The molecule has 5 rings (SSSR count). The molecule has 1 aromatic carbocycles. The van der Waals surface area contributed by atoms with Crippen molar-refractivity contribution < 1.29 is 23.7 Å². The van der Waals surface area contributed by atoms with Crippen molar-refractivity contribution in [3.05, 3.63) is 35.9 Å². The lowest BCUT2D eigenvalue weighted by Gasteiger charge is -2.26. The Bertz CT molecular complexity index is 1090. The van der Waals surface area contributed by atoms with E-state index in [0.717, 1.165) is 52.4 Å². The molecule has 0 bridgehead atoms. The summed E-state index contributed by atoms with van der Waals surface area (Å²) in [5, 5.41) is 4.85. The first kappa shape index (κ1) is 20.9.